The zero-order valence-corrected chi connectivity index (χ0v) is 29.0. The minimum absolute atomic E-state index is 0.289. The number of benzene rings is 4. The number of alkyl halides is 6. The Kier molecular flexibility index (Phi) is 9.97. The molecule has 0 fully saturated rings. The summed E-state index contributed by atoms with van der Waals surface area (Å²) in [6, 6.07) is 18.8. The van der Waals surface area contributed by atoms with Crippen LogP contribution < -0.4 is 0 Å². The van der Waals surface area contributed by atoms with Crippen LogP contribution in [0.25, 0.3) is 33.4 Å². The van der Waals surface area contributed by atoms with Gasteiger partial charge in [-0.05, 0) is 115 Å². The minimum atomic E-state index is -4.41. The zero-order chi connectivity index (χ0) is 32.8. The van der Waals surface area contributed by atoms with Crippen molar-refractivity contribution in [3.05, 3.63) is 113 Å². The molecule has 0 saturated carbocycles. The summed E-state index contributed by atoms with van der Waals surface area (Å²) in [5, 5.41) is 0. The van der Waals surface area contributed by atoms with Crippen molar-refractivity contribution in [1.29, 1.82) is 0 Å². The van der Waals surface area contributed by atoms with Crippen LogP contribution in [0.1, 0.15) is 74.9 Å². The molecular formula is C35H31Cl2F6Zr. The molecule has 0 aromatic heterocycles. The Bertz CT molecular complexity index is 1520. The number of rotatable bonds is 2. The molecule has 1 aliphatic rings. The second kappa shape index (κ2) is 12.6. The molecule has 0 nitrogen and oxygen atoms in total. The molecule has 44 heavy (non-hydrogen) atoms. The van der Waals surface area contributed by atoms with Gasteiger partial charge in [-0.25, -0.2) is 0 Å². The summed E-state index contributed by atoms with van der Waals surface area (Å²) in [5.74, 6) is 0. The first-order valence-corrected chi connectivity index (χ1v) is 20.1. The molecule has 5 rings (SSSR count). The van der Waals surface area contributed by atoms with Crippen molar-refractivity contribution < 1.29 is 47.2 Å². The Morgan fingerprint density at radius 1 is 0.477 bits per heavy atom. The first-order chi connectivity index (χ1) is 20.3. The van der Waals surface area contributed by atoms with Gasteiger partial charge < -0.3 is 0 Å². The standard InChI is InChI=1S/C35H31F6.2ClH.Zr/c1-32(2,3)30-18-26-22(16-28(30)20-7-11-24(12-8-20)34(36,37)38)15-23-17-29(31(19-27(23)26)33(4,5)6)21-9-13-25(14-10-21)35(39,40)41;;;/h7-19H,1-6H3;2*1H;/q;;;+2/p-2. The Balaban J connectivity index is 0.00000141. The zero-order valence-electron chi connectivity index (χ0n) is 25.0. The van der Waals surface area contributed by atoms with Gasteiger partial charge in [-0.3, -0.25) is 0 Å². The van der Waals surface area contributed by atoms with E-state index in [1.165, 1.54) is 24.3 Å². The molecular weight excluding hydrogens is 697 g/mol. The van der Waals surface area contributed by atoms with E-state index in [2.05, 4.69) is 53.7 Å². The van der Waals surface area contributed by atoms with E-state index in [0.717, 1.165) is 68.8 Å². The molecule has 9 heteroatoms. The third-order valence-corrected chi connectivity index (χ3v) is 7.64. The van der Waals surface area contributed by atoms with E-state index in [1.54, 1.807) is 0 Å². The van der Waals surface area contributed by atoms with Crippen LogP contribution >= 0.6 is 17.0 Å². The average molecular weight is 728 g/mol. The Labute approximate surface area is 273 Å². The molecule has 231 valence electrons. The summed E-state index contributed by atoms with van der Waals surface area (Å²) in [5.41, 5.74) is 7.19. The maximum absolute atomic E-state index is 13.2. The molecule has 0 bridgehead atoms. The van der Waals surface area contributed by atoms with Gasteiger partial charge in [-0.15, -0.1) is 0 Å². The van der Waals surface area contributed by atoms with E-state index in [4.69, 9.17) is 17.0 Å². The average Bonchev–Trinajstić information content (AvgIpc) is 3.27. The summed E-state index contributed by atoms with van der Waals surface area (Å²) >= 11 is -0.826. The van der Waals surface area contributed by atoms with Crippen LogP contribution in [0.5, 0.6) is 0 Å². The monoisotopic (exact) mass is 725 g/mol. The van der Waals surface area contributed by atoms with Crippen molar-refractivity contribution in [3.63, 3.8) is 0 Å². The summed E-state index contributed by atoms with van der Waals surface area (Å²) < 4.78 is 79.3. The van der Waals surface area contributed by atoms with Gasteiger partial charge in [0.2, 0.25) is 0 Å². The van der Waals surface area contributed by atoms with E-state index < -0.39 is 44.3 Å². The molecule has 0 saturated heterocycles. The SMILES string of the molecule is CC(C)(C)c1cc2c(cc1-c1ccc(C(F)(F)F)cc1)[CH]c1cc(-c3ccc(C(F)(F)F)cc3)c(C(C)(C)C)cc1-2.[Cl][Zr][Cl]. The molecule has 0 unspecified atom stereocenters. The number of halogens is 8. The third kappa shape index (κ3) is 7.48. The molecule has 0 atom stereocenters. The van der Waals surface area contributed by atoms with Crippen molar-refractivity contribution in [2.75, 3.05) is 0 Å². The number of hydrogen-bond donors (Lipinski definition) is 0. The molecule has 4 aromatic rings. The van der Waals surface area contributed by atoms with Crippen LogP contribution in [-0.4, -0.2) is 0 Å². The number of fused-ring (bicyclic) bond motifs is 3. The fourth-order valence-electron chi connectivity index (χ4n) is 5.50. The van der Waals surface area contributed by atoms with E-state index in [0.29, 0.717) is 11.1 Å². The predicted octanol–water partition coefficient (Wildman–Crippen LogP) is 12.6. The number of hydrogen-bond acceptors (Lipinski definition) is 0. The van der Waals surface area contributed by atoms with Crippen LogP contribution in [-0.2, 0) is 44.0 Å². The quantitative estimate of drug-likeness (QED) is 0.159. The first kappa shape index (κ1) is 34.8. The molecule has 0 heterocycles. The van der Waals surface area contributed by atoms with Crippen molar-refractivity contribution in [2.24, 2.45) is 0 Å². The third-order valence-electron chi connectivity index (χ3n) is 7.64. The van der Waals surface area contributed by atoms with E-state index in [9.17, 15) is 26.3 Å². The van der Waals surface area contributed by atoms with Crippen molar-refractivity contribution >= 4 is 17.0 Å². The molecule has 4 aromatic carbocycles. The molecule has 0 amide bonds. The summed E-state index contributed by atoms with van der Waals surface area (Å²) in [4.78, 5) is 0. The summed E-state index contributed by atoms with van der Waals surface area (Å²) in [7, 11) is 9.87. The van der Waals surface area contributed by atoms with Crippen LogP contribution in [0.2, 0.25) is 0 Å². The van der Waals surface area contributed by atoms with Crippen LogP contribution in [0, 0.1) is 6.42 Å². The van der Waals surface area contributed by atoms with Crippen molar-refractivity contribution in [2.45, 2.75) is 64.7 Å². The first-order valence-electron chi connectivity index (χ1n) is 13.8. The Morgan fingerprint density at radius 3 is 1.02 bits per heavy atom. The second-order valence-electron chi connectivity index (χ2n) is 12.8. The summed E-state index contributed by atoms with van der Waals surface area (Å²) in [6.45, 7) is 12.5. The fourth-order valence-corrected chi connectivity index (χ4v) is 5.50. The summed E-state index contributed by atoms with van der Waals surface area (Å²) in [6.07, 6.45) is -6.77. The van der Waals surface area contributed by atoms with Gasteiger partial charge in [0.1, 0.15) is 0 Å². The topological polar surface area (TPSA) is 0 Å². The molecule has 0 spiro atoms. The maximum atomic E-state index is 13.2. The van der Waals surface area contributed by atoms with Gasteiger partial charge in [0.25, 0.3) is 0 Å². The van der Waals surface area contributed by atoms with Crippen molar-refractivity contribution in [1.82, 2.24) is 0 Å². The van der Waals surface area contributed by atoms with Gasteiger partial charge in [0.05, 0.1) is 11.1 Å². The normalized spacial score (nSPS) is 13.1. The molecule has 0 N–H and O–H groups in total. The van der Waals surface area contributed by atoms with Gasteiger partial charge in [0.15, 0.2) is 0 Å². The van der Waals surface area contributed by atoms with Gasteiger partial charge in [0, 0.05) is 6.42 Å². The van der Waals surface area contributed by atoms with Crippen molar-refractivity contribution in [3.8, 4) is 33.4 Å². The van der Waals surface area contributed by atoms with E-state index in [-0.39, 0.29) is 10.8 Å². The van der Waals surface area contributed by atoms with Crippen LogP contribution in [0.15, 0.2) is 72.8 Å². The molecule has 1 radical (unpaired) electrons. The Morgan fingerprint density at radius 2 is 0.773 bits per heavy atom. The van der Waals surface area contributed by atoms with E-state index >= 15 is 0 Å². The van der Waals surface area contributed by atoms with Crippen LogP contribution in [0.3, 0.4) is 0 Å². The van der Waals surface area contributed by atoms with Gasteiger partial charge >= 0.3 is 50.2 Å². The predicted molar refractivity (Wildman–Crippen MR) is 164 cm³/mol. The van der Waals surface area contributed by atoms with E-state index in [1.807, 2.05) is 18.6 Å². The molecule has 0 aliphatic heterocycles. The van der Waals surface area contributed by atoms with Gasteiger partial charge in [-0.2, -0.15) is 26.3 Å². The molecule has 1 aliphatic carbocycles. The second-order valence-corrected chi connectivity index (χ2v) is 16.6. The van der Waals surface area contributed by atoms with Gasteiger partial charge in [-0.1, -0.05) is 65.8 Å². The Hall–Kier alpha value is -2.08. The van der Waals surface area contributed by atoms with Crippen LogP contribution in [0.4, 0.5) is 26.3 Å². The fraction of sp³-hybridized carbons (Fsp3) is 0.286.